The second-order valence-corrected chi connectivity index (χ2v) is 5.81. The molecule has 4 nitrogen and oxygen atoms in total. The first-order chi connectivity index (χ1) is 8.32. The molecule has 0 saturated carbocycles. The molecule has 1 rings (SSSR count). The molecule has 0 bridgehead atoms. The van der Waals surface area contributed by atoms with E-state index in [1.807, 2.05) is 0 Å². The Morgan fingerprint density at radius 2 is 1.67 bits per heavy atom. The van der Waals surface area contributed by atoms with Crippen molar-refractivity contribution in [1.29, 1.82) is 0 Å². The largest absolute Gasteiger partial charge is 0.458 e. The fourth-order valence-corrected chi connectivity index (χ4v) is 2.00. The van der Waals surface area contributed by atoms with E-state index in [1.54, 1.807) is 7.11 Å². The summed E-state index contributed by atoms with van der Waals surface area (Å²) in [5.41, 5.74) is 0.580. The summed E-state index contributed by atoms with van der Waals surface area (Å²) in [4.78, 5) is 4.86. The Morgan fingerprint density at radius 1 is 1.11 bits per heavy atom. The van der Waals surface area contributed by atoms with Crippen molar-refractivity contribution in [2.75, 3.05) is 7.11 Å². The van der Waals surface area contributed by atoms with Gasteiger partial charge in [-0.1, -0.05) is 18.5 Å². The molecule has 0 aromatic heterocycles. The van der Waals surface area contributed by atoms with Crippen LogP contribution in [0.3, 0.4) is 0 Å². The molecule has 0 aliphatic carbocycles. The van der Waals surface area contributed by atoms with Gasteiger partial charge in [0.25, 0.3) is 0 Å². The monoisotopic (exact) mass is 255 g/mol. The van der Waals surface area contributed by atoms with Crippen molar-refractivity contribution in [1.82, 2.24) is 0 Å². The van der Waals surface area contributed by atoms with Gasteiger partial charge in [-0.2, -0.15) is 0 Å². The molecule has 0 amide bonds. The van der Waals surface area contributed by atoms with Gasteiger partial charge in [-0.3, -0.25) is 0 Å². The van der Waals surface area contributed by atoms with E-state index < -0.39 is 0 Å². The number of rotatable bonds is 6. The highest BCUT2D eigenvalue weighted by Gasteiger charge is 2.50. The summed E-state index contributed by atoms with van der Waals surface area (Å²) in [7, 11) is 1.44. The van der Waals surface area contributed by atoms with E-state index in [4.69, 9.17) is 14.1 Å². The summed E-state index contributed by atoms with van der Waals surface area (Å²) < 4.78 is 11.9. The van der Waals surface area contributed by atoms with Crippen molar-refractivity contribution in [3.05, 3.63) is 0 Å². The summed E-state index contributed by atoms with van der Waals surface area (Å²) in [6.45, 7) is 10.4. The minimum absolute atomic E-state index is 0.145. The van der Waals surface area contributed by atoms with Crippen LogP contribution in [0.25, 0.3) is 0 Å². The fourth-order valence-electron chi connectivity index (χ4n) is 2.00. The van der Waals surface area contributed by atoms with Crippen LogP contribution in [-0.2, 0) is 14.1 Å². The molecule has 0 spiro atoms. The van der Waals surface area contributed by atoms with Crippen molar-refractivity contribution in [3.63, 3.8) is 0 Å². The molecule has 0 aromatic carbocycles. The van der Waals surface area contributed by atoms with Crippen LogP contribution in [0.5, 0.6) is 0 Å². The van der Waals surface area contributed by atoms with Gasteiger partial charge in [0.15, 0.2) is 0 Å². The maximum Gasteiger partial charge on any atom is 0.458 e. The number of hydrogen-bond acceptors (Lipinski definition) is 4. The van der Waals surface area contributed by atoms with Crippen LogP contribution < -0.4 is 0 Å². The molecule has 0 aromatic rings. The molecule has 1 saturated heterocycles. The topological polar surface area (TPSA) is 40.0 Å². The zero-order valence-corrected chi connectivity index (χ0v) is 12.6. The summed E-state index contributed by atoms with van der Waals surface area (Å²) in [6, 6.07) is 0. The Morgan fingerprint density at radius 3 is 2.11 bits per heavy atom. The third kappa shape index (κ3) is 3.72. The third-order valence-electron chi connectivity index (χ3n) is 3.73. The second-order valence-electron chi connectivity index (χ2n) is 5.81. The van der Waals surface area contributed by atoms with Crippen molar-refractivity contribution < 1.29 is 14.1 Å². The van der Waals surface area contributed by atoms with E-state index in [1.165, 1.54) is 0 Å². The molecule has 0 unspecified atom stereocenters. The van der Waals surface area contributed by atoms with Crippen molar-refractivity contribution in [3.8, 4) is 0 Å². The molecule has 1 heterocycles. The van der Waals surface area contributed by atoms with Crippen LogP contribution >= 0.6 is 0 Å². The van der Waals surface area contributed by atoms with Crippen LogP contribution in [0.15, 0.2) is 5.16 Å². The first-order valence-electron chi connectivity index (χ1n) is 6.77. The number of oxime groups is 1. The predicted molar refractivity (Wildman–Crippen MR) is 74.9 cm³/mol. The van der Waals surface area contributed by atoms with Gasteiger partial charge in [0.1, 0.15) is 7.11 Å². The van der Waals surface area contributed by atoms with Crippen molar-refractivity contribution in [2.24, 2.45) is 5.16 Å². The molecular weight excluding hydrogens is 229 g/mol. The quantitative estimate of drug-likeness (QED) is 0.415. The molecule has 0 atom stereocenters. The fraction of sp³-hybridized carbons (Fsp3) is 0.923. The molecule has 1 fully saturated rings. The van der Waals surface area contributed by atoms with E-state index in [2.05, 4.69) is 39.8 Å². The Bertz CT molecular complexity index is 287. The second kappa shape index (κ2) is 6.07. The third-order valence-corrected chi connectivity index (χ3v) is 3.73. The van der Waals surface area contributed by atoms with Gasteiger partial charge in [0, 0.05) is 0 Å². The maximum absolute atomic E-state index is 5.95. The van der Waals surface area contributed by atoms with Crippen LogP contribution in [0, 0.1) is 0 Å². The number of nitrogens with zero attached hydrogens (tertiary/aromatic N) is 1. The van der Waals surface area contributed by atoms with E-state index >= 15 is 0 Å². The van der Waals surface area contributed by atoms with Crippen LogP contribution in [0.1, 0.15) is 53.9 Å². The lowest BCUT2D eigenvalue weighted by Crippen LogP contribution is -2.41. The molecule has 1 aliphatic heterocycles. The smallest absolute Gasteiger partial charge is 0.403 e. The normalized spacial score (nSPS) is 22.3. The van der Waals surface area contributed by atoms with Crippen molar-refractivity contribution in [2.45, 2.75) is 71.4 Å². The molecule has 18 heavy (non-hydrogen) atoms. The average molecular weight is 255 g/mol. The maximum atomic E-state index is 5.95. The van der Waals surface area contributed by atoms with Gasteiger partial charge in [-0.25, -0.2) is 0 Å². The lowest BCUT2D eigenvalue weighted by Gasteiger charge is -2.32. The average Bonchev–Trinajstić information content (AvgIpc) is 2.45. The predicted octanol–water partition coefficient (Wildman–Crippen LogP) is 3.27. The van der Waals surface area contributed by atoms with Crippen LogP contribution in [-0.4, -0.2) is 31.1 Å². The summed E-state index contributed by atoms with van der Waals surface area (Å²) in [5.74, 6) is 0. The highest BCUT2D eigenvalue weighted by Crippen LogP contribution is 2.38. The molecule has 5 heteroatoms. The molecule has 0 N–H and O–H groups in total. The van der Waals surface area contributed by atoms with Gasteiger partial charge in [0.05, 0.1) is 16.9 Å². The van der Waals surface area contributed by atoms with Gasteiger partial charge >= 0.3 is 7.12 Å². The zero-order valence-electron chi connectivity index (χ0n) is 12.6. The Kier molecular flexibility index (Phi) is 5.23. The lowest BCUT2D eigenvalue weighted by molar-refractivity contribution is 0.00578. The zero-order chi connectivity index (χ0) is 13.8. The minimum Gasteiger partial charge on any atom is -0.403 e. The Labute approximate surface area is 111 Å². The van der Waals surface area contributed by atoms with E-state index in [-0.39, 0.29) is 18.3 Å². The van der Waals surface area contributed by atoms with E-state index in [0.717, 1.165) is 31.3 Å². The Hall–Kier alpha value is -0.545. The highest BCUT2D eigenvalue weighted by molar-refractivity contribution is 6.45. The van der Waals surface area contributed by atoms with Crippen LogP contribution in [0.4, 0.5) is 0 Å². The van der Waals surface area contributed by atoms with Crippen LogP contribution in [0.2, 0.25) is 6.32 Å². The minimum atomic E-state index is -0.249. The summed E-state index contributed by atoms with van der Waals surface area (Å²) >= 11 is 0. The van der Waals surface area contributed by atoms with Gasteiger partial charge < -0.3 is 14.1 Å². The molecule has 104 valence electrons. The van der Waals surface area contributed by atoms with Gasteiger partial charge in [0.2, 0.25) is 0 Å². The molecular formula is C13H26BNO3. The van der Waals surface area contributed by atoms with Gasteiger partial charge in [-0.05, 0) is 46.9 Å². The highest BCUT2D eigenvalue weighted by atomic mass is 16.7. The first kappa shape index (κ1) is 15.5. The van der Waals surface area contributed by atoms with E-state index in [9.17, 15) is 0 Å². The molecule has 0 radical (unpaired) electrons. The number of hydrogen-bond donors (Lipinski definition) is 0. The first-order valence-corrected chi connectivity index (χ1v) is 6.77. The standard InChI is InChI=1S/C13H26BNO3/c1-7-8-11(15-16-6)9-10-14-17-12(2,3)13(4,5)18-14/h7-10H2,1-6H3/b15-11+. The lowest BCUT2D eigenvalue weighted by atomic mass is 9.81. The summed E-state index contributed by atoms with van der Waals surface area (Å²) in [5, 5.41) is 4.05. The van der Waals surface area contributed by atoms with Crippen molar-refractivity contribution >= 4 is 12.8 Å². The van der Waals surface area contributed by atoms with E-state index in [0.29, 0.717) is 0 Å². The van der Waals surface area contributed by atoms with Gasteiger partial charge in [-0.15, -0.1) is 0 Å². The Balaban J connectivity index is 2.48. The summed E-state index contributed by atoms with van der Waals surface area (Å²) in [6.07, 6.45) is 3.73. The SMILES string of the molecule is CCC/C(CCB1OC(C)(C)C(C)(C)O1)=N\OC. The molecule has 1 aliphatic rings.